The largest absolute Gasteiger partial charge is 0.455 e. The third-order valence-electron chi connectivity index (χ3n) is 3.53. The van der Waals surface area contributed by atoms with Crippen LogP contribution in [0.15, 0.2) is 42.5 Å². The van der Waals surface area contributed by atoms with Gasteiger partial charge in [0.15, 0.2) is 6.61 Å². The Morgan fingerprint density at radius 3 is 2.50 bits per heavy atom. The average Bonchev–Trinajstić information content (AvgIpc) is 2.56. The maximum Gasteiger partial charge on any atom is 0.416 e. The molecule has 4 nitrogen and oxygen atoms in total. The number of aryl methyl sites for hydroxylation is 1. The average molecular weight is 386 g/mol. The zero-order chi connectivity index (χ0) is 19.3. The van der Waals surface area contributed by atoms with Crippen molar-refractivity contribution >= 4 is 29.2 Å². The Morgan fingerprint density at radius 2 is 1.85 bits per heavy atom. The van der Waals surface area contributed by atoms with Gasteiger partial charge in [-0.25, -0.2) is 0 Å². The minimum Gasteiger partial charge on any atom is -0.455 e. The standard InChI is InChI=1S/C18H15ClF3NO3/c1-11-4-2-3-5-12(11)8-17(25)26-10-16(24)23-15-9-13(18(20,21)22)6-7-14(15)19/h2-7,9H,8,10H2,1H3,(H,23,24). The minimum atomic E-state index is -4.57. The van der Waals surface area contributed by atoms with Crippen molar-refractivity contribution in [2.24, 2.45) is 0 Å². The maximum absolute atomic E-state index is 12.7. The monoisotopic (exact) mass is 385 g/mol. The lowest BCUT2D eigenvalue weighted by Gasteiger charge is -2.12. The first-order valence-electron chi connectivity index (χ1n) is 7.53. The molecule has 0 heterocycles. The minimum absolute atomic E-state index is 0.00965. The Kier molecular flexibility index (Phi) is 6.26. The van der Waals surface area contributed by atoms with E-state index in [9.17, 15) is 22.8 Å². The molecule has 0 spiro atoms. The van der Waals surface area contributed by atoms with Gasteiger partial charge in [-0.05, 0) is 36.2 Å². The number of benzene rings is 2. The highest BCUT2D eigenvalue weighted by molar-refractivity contribution is 6.33. The highest BCUT2D eigenvalue weighted by atomic mass is 35.5. The van der Waals surface area contributed by atoms with Crippen LogP contribution in [0.4, 0.5) is 18.9 Å². The van der Waals surface area contributed by atoms with Gasteiger partial charge < -0.3 is 10.1 Å². The number of anilines is 1. The number of nitrogens with one attached hydrogen (secondary N) is 1. The molecule has 138 valence electrons. The first-order valence-corrected chi connectivity index (χ1v) is 7.91. The van der Waals surface area contributed by atoms with Gasteiger partial charge in [-0.3, -0.25) is 9.59 Å². The van der Waals surface area contributed by atoms with Crippen molar-refractivity contribution in [1.82, 2.24) is 0 Å². The first-order chi connectivity index (χ1) is 12.2. The molecular formula is C18H15ClF3NO3. The Morgan fingerprint density at radius 1 is 1.15 bits per heavy atom. The highest BCUT2D eigenvalue weighted by Gasteiger charge is 2.31. The van der Waals surface area contributed by atoms with Crippen LogP contribution in [-0.4, -0.2) is 18.5 Å². The molecule has 1 amide bonds. The fourth-order valence-corrected chi connectivity index (χ4v) is 2.31. The Labute approximate surface area is 152 Å². The smallest absolute Gasteiger partial charge is 0.416 e. The molecule has 2 aromatic rings. The number of carbonyl (C=O) groups excluding carboxylic acids is 2. The van der Waals surface area contributed by atoms with Crippen LogP contribution in [0.1, 0.15) is 16.7 Å². The van der Waals surface area contributed by atoms with E-state index in [0.717, 1.165) is 29.3 Å². The third kappa shape index (κ3) is 5.49. The van der Waals surface area contributed by atoms with Crippen molar-refractivity contribution in [3.05, 3.63) is 64.2 Å². The molecule has 0 radical (unpaired) electrons. The second-order valence-corrected chi connectivity index (χ2v) is 5.91. The summed E-state index contributed by atoms with van der Waals surface area (Å²) in [6.45, 7) is 1.21. The summed E-state index contributed by atoms with van der Waals surface area (Å²) < 4.78 is 43.0. The number of carbonyl (C=O) groups is 2. The van der Waals surface area contributed by atoms with Gasteiger partial charge in [0.05, 0.1) is 22.7 Å². The molecule has 26 heavy (non-hydrogen) atoms. The van der Waals surface area contributed by atoms with E-state index in [2.05, 4.69) is 5.32 Å². The van der Waals surface area contributed by atoms with Crippen LogP contribution in [0.25, 0.3) is 0 Å². The Hall–Kier alpha value is -2.54. The molecule has 0 aromatic heterocycles. The van der Waals surface area contributed by atoms with Crippen molar-refractivity contribution < 1.29 is 27.5 Å². The lowest BCUT2D eigenvalue weighted by atomic mass is 10.1. The number of hydrogen-bond donors (Lipinski definition) is 1. The van der Waals surface area contributed by atoms with Gasteiger partial charge in [-0.15, -0.1) is 0 Å². The molecule has 0 saturated heterocycles. The number of rotatable bonds is 5. The van der Waals surface area contributed by atoms with Crippen LogP contribution in [0.2, 0.25) is 5.02 Å². The van der Waals surface area contributed by atoms with Crippen LogP contribution >= 0.6 is 11.6 Å². The lowest BCUT2D eigenvalue weighted by Crippen LogP contribution is -2.22. The van der Waals surface area contributed by atoms with Crippen molar-refractivity contribution in [3.8, 4) is 0 Å². The summed E-state index contributed by atoms with van der Waals surface area (Å²) in [5.41, 5.74) is 0.513. The fraction of sp³-hybridized carbons (Fsp3) is 0.222. The highest BCUT2D eigenvalue weighted by Crippen LogP contribution is 2.33. The molecule has 1 N–H and O–H groups in total. The zero-order valence-corrected chi connectivity index (χ0v) is 14.4. The fourth-order valence-electron chi connectivity index (χ4n) is 2.14. The molecule has 0 atom stereocenters. The van der Waals surface area contributed by atoms with Gasteiger partial charge in [0, 0.05) is 0 Å². The molecule has 2 rings (SSSR count). The van der Waals surface area contributed by atoms with Crippen LogP contribution < -0.4 is 5.32 Å². The lowest BCUT2D eigenvalue weighted by molar-refractivity contribution is -0.146. The molecule has 0 aliphatic carbocycles. The number of alkyl halides is 3. The van der Waals surface area contributed by atoms with Crippen LogP contribution in [0, 0.1) is 6.92 Å². The number of hydrogen-bond acceptors (Lipinski definition) is 3. The predicted octanol–water partition coefficient (Wildman–Crippen LogP) is 4.39. The predicted molar refractivity (Wildman–Crippen MR) is 90.9 cm³/mol. The maximum atomic E-state index is 12.7. The topological polar surface area (TPSA) is 55.4 Å². The quantitative estimate of drug-likeness (QED) is 0.776. The molecule has 0 unspecified atom stereocenters. The number of ether oxygens (including phenoxy) is 1. The van der Waals surface area contributed by atoms with Gasteiger partial charge in [0.25, 0.3) is 5.91 Å². The van der Waals surface area contributed by atoms with Gasteiger partial charge in [-0.1, -0.05) is 35.9 Å². The number of halogens is 4. The summed E-state index contributed by atoms with van der Waals surface area (Å²) in [4.78, 5) is 23.6. The second-order valence-electron chi connectivity index (χ2n) is 5.50. The number of esters is 1. The molecular weight excluding hydrogens is 371 g/mol. The molecule has 0 bridgehead atoms. The van der Waals surface area contributed by atoms with Crippen LogP contribution in [-0.2, 0) is 26.9 Å². The molecule has 0 aliphatic heterocycles. The van der Waals surface area contributed by atoms with Gasteiger partial charge in [0.1, 0.15) is 0 Å². The van der Waals surface area contributed by atoms with E-state index in [1.807, 2.05) is 19.1 Å². The summed E-state index contributed by atoms with van der Waals surface area (Å²) >= 11 is 5.79. The van der Waals surface area contributed by atoms with Gasteiger partial charge in [-0.2, -0.15) is 13.2 Å². The third-order valence-corrected chi connectivity index (χ3v) is 3.86. The number of amides is 1. The van der Waals surface area contributed by atoms with Crippen molar-refractivity contribution in [2.75, 3.05) is 11.9 Å². The Bertz CT molecular complexity index is 822. The molecule has 2 aromatic carbocycles. The van der Waals surface area contributed by atoms with Gasteiger partial charge >= 0.3 is 12.1 Å². The van der Waals surface area contributed by atoms with Crippen molar-refractivity contribution in [2.45, 2.75) is 19.5 Å². The van der Waals surface area contributed by atoms with E-state index in [1.165, 1.54) is 0 Å². The summed E-state index contributed by atoms with van der Waals surface area (Å²) in [6.07, 6.45) is -4.58. The zero-order valence-electron chi connectivity index (χ0n) is 13.7. The summed E-state index contributed by atoms with van der Waals surface area (Å²) in [5.74, 6) is -1.41. The van der Waals surface area contributed by atoms with E-state index < -0.39 is 30.2 Å². The van der Waals surface area contributed by atoms with Crippen LogP contribution in [0.3, 0.4) is 0 Å². The van der Waals surface area contributed by atoms with Crippen LogP contribution in [0.5, 0.6) is 0 Å². The van der Waals surface area contributed by atoms with E-state index >= 15 is 0 Å². The van der Waals surface area contributed by atoms with Crippen molar-refractivity contribution in [1.29, 1.82) is 0 Å². The normalized spacial score (nSPS) is 11.1. The Balaban J connectivity index is 1.93. The van der Waals surface area contributed by atoms with Gasteiger partial charge in [0.2, 0.25) is 0 Å². The van der Waals surface area contributed by atoms with Crippen molar-refractivity contribution in [3.63, 3.8) is 0 Å². The van der Waals surface area contributed by atoms with E-state index in [1.54, 1.807) is 12.1 Å². The molecule has 0 fully saturated rings. The summed E-state index contributed by atoms with van der Waals surface area (Å²) in [5, 5.41) is 2.15. The summed E-state index contributed by atoms with van der Waals surface area (Å²) in [7, 11) is 0. The van der Waals surface area contributed by atoms with E-state index in [-0.39, 0.29) is 17.1 Å². The SMILES string of the molecule is Cc1ccccc1CC(=O)OCC(=O)Nc1cc(C(F)(F)F)ccc1Cl. The molecule has 8 heteroatoms. The first kappa shape index (κ1) is 19.8. The second kappa shape index (κ2) is 8.23. The van der Waals surface area contributed by atoms with E-state index in [4.69, 9.17) is 16.3 Å². The van der Waals surface area contributed by atoms with E-state index in [0.29, 0.717) is 0 Å². The molecule has 0 saturated carbocycles. The molecule has 0 aliphatic rings. The summed E-state index contributed by atoms with van der Waals surface area (Å²) in [6, 6.07) is 9.76.